The van der Waals surface area contributed by atoms with Crippen LogP contribution in [-0.2, 0) is 15.8 Å². The SMILES string of the molecule is CNC(=O)c1c(-c2ccccc2)oc2cc(O)cc(CS(=O)(=O)NC)c12. The fourth-order valence-electron chi connectivity index (χ4n) is 2.82. The number of sulfonamides is 1. The summed E-state index contributed by atoms with van der Waals surface area (Å²) in [5, 5.41) is 12.9. The van der Waals surface area contributed by atoms with Crippen molar-refractivity contribution in [2.75, 3.05) is 14.1 Å². The van der Waals surface area contributed by atoms with Crippen LogP contribution >= 0.6 is 0 Å². The van der Waals surface area contributed by atoms with Gasteiger partial charge >= 0.3 is 0 Å². The summed E-state index contributed by atoms with van der Waals surface area (Å²) in [6.07, 6.45) is 0. The number of amides is 1. The van der Waals surface area contributed by atoms with E-state index in [9.17, 15) is 18.3 Å². The van der Waals surface area contributed by atoms with Crippen molar-refractivity contribution in [1.29, 1.82) is 0 Å². The molecule has 0 spiro atoms. The summed E-state index contributed by atoms with van der Waals surface area (Å²) in [5.41, 5.74) is 1.42. The monoisotopic (exact) mass is 374 g/mol. The Kier molecular flexibility index (Phi) is 4.71. The van der Waals surface area contributed by atoms with Gasteiger partial charge in [0, 0.05) is 24.1 Å². The number of carbonyl (C=O) groups excluding carboxylic acids is 1. The number of hydrogen-bond acceptors (Lipinski definition) is 5. The molecule has 8 heteroatoms. The van der Waals surface area contributed by atoms with E-state index in [1.807, 2.05) is 6.07 Å². The van der Waals surface area contributed by atoms with Gasteiger partial charge in [-0.2, -0.15) is 0 Å². The normalized spacial score (nSPS) is 11.6. The minimum atomic E-state index is -3.62. The van der Waals surface area contributed by atoms with Crippen LogP contribution in [0.15, 0.2) is 46.9 Å². The number of hydrogen-bond donors (Lipinski definition) is 3. The molecule has 0 saturated heterocycles. The zero-order valence-electron chi connectivity index (χ0n) is 14.2. The summed E-state index contributed by atoms with van der Waals surface area (Å²) in [6, 6.07) is 11.7. The summed E-state index contributed by atoms with van der Waals surface area (Å²) in [4.78, 5) is 12.6. The van der Waals surface area contributed by atoms with E-state index in [-0.39, 0.29) is 22.5 Å². The largest absolute Gasteiger partial charge is 0.508 e. The van der Waals surface area contributed by atoms with Gasteiger partial charge in [0.05, 0.1) is 11.3 Å². The molecule has 2 aromatic carbocycles. The van der Waals surface area contributed by atoms with Gasteiger partial charge in [0.25, 0.3) is 5.91 Å². The van der Waals surface area contributed by atoms with Crippen molar-refractivity contribution >= 4 is 26.9 Å². The Hall–Kier alpha value is -2.84. The molecule has 1 aromatic heterocycles. The molecule has 0 bridgehead atoms. The molecular weight excluding hydrogens is 356 g/mol. The number of benzene rings is 2. The molecular formula is C18H18N2O5S. The maximum Gasteiger partial charge on any atom is 0.255 e. The molecule has 0 radical (unpaired) electrons. The molecule has 0 aliphatic rings. The Bertz CT molecular complexity index is 1070. The topological polar surface area (TPSA) is 109 Å². The number of rotatable bonds is 5. The van der Waals surface area contributed by atoms with Crippen LogP contribution in [0.3, 0.4) is 0 Å². The molecule has 3 rings (SSSR count). The van der Waals surface area contributed by atoms with Gasteiger partial charge in [-0.25, -0.2) is 13.1 Å². The van der Waals surface area contributed by atoms with Crippen LogP contribution in [0.25, 0.3) is 22.3 Å². The van der Waals surface area contributed by atoms with Gasteiger partial charge in [-0.1, -0.05) is 30.3 Å². The van der Waals surface area contributed by atoms with Crippen LogP contribution in [0.2, 0.25) is 0 Å². The number of phenols is 1. The van der Waals surface area contributed by atoms with Gasteiger partial charge in [0.1, 0.15) is 17.1 Å². The summed E-state index contributed by atoms with van der Waals surface area (Å²) in [5.74, 6) is -0.632. The van der Waals surface area contributed by atoms with Gasteiger partial charge in [-0.15, -0.1) is 0 Å². The van der Waals surface area contributed by atoms with Gasteiger partial charge in [0.15, 0.2) is 0 Å². The molecule has 1 heterocycles. The summed E-state index contributed by atoms with van der Waals surface area (Å²) < 4.78 is 32.1. The fraction of sp³-hybridized carbons (Fsp3) is 0.167. The van der Waals surface area contributed by atoms with Crippen LogP contribution in [0, 0.1) is 0 Å². The Balaban J connectivity index is 2.36. The van der Waals surface area contributed by atoms with E-state index in [2.05, 4.69) is 10.0 Å². The van der Waals surface area contributed by atoms with Crippen LogP contribution in [0.5, 0.6) is 5.75 Å². The molecule has 3 aromatic rings. The van der Waals surface area contributed by atoms with Gasteiger partial charge in [-0.3, -0.25) is 4.79 Å². The molecule has 0 fully saturated rings. The number of furan rings is 1. The lowest BCUT2D eigenvalue weighted by molar-refractivity contribution is 0.0964. The quantitative estimate of drug-likeness (QED) is 0.634. The molecule has 7 nitrogen and oxygen atoms in total. The van der Waals surface area contributed by atoms with E-state index in [4.69, 9.17) is 4.42 Å². The Morgan fingerprint density at radius 3 is 2.46 bits per heavy atom. The molecule has 0 aliphatic heterocycles. The second kappa shape index (κ2) is 6.81. The molecule has 0 unspecified atom stereocenters. The molecule has 0 aliphatic carbocycles. The van der Waals surface area contributed by atoms with Crippen molar-refractivity contribution in [1.82, 2.24) is 10.0 Å². The number of nitrogens with one attached hydrogen (secondary N) is 2. The van der Waals surface area contributed by atoms with Crippen LogP contribution in [0.1, 0.15) is 15.9 Å². The standard InChI is InChI=1S/C18H18N2O5S/c1-19-18(22)16-15-12(10-26(23,24)20-2)8-13(21)9-14(15)25-17(16)11-6-4-3-5-7-11/h3-9,20-21H,10H2,1-2H3,(H,19,22). The Labute approximate surface area is 150 Å². The van der Waals surface area contributed by atoms with E-state index in [1.165, 1.54) is 26.2 Å². The first-order chi connectivity index (χ1) is 12.4. The molecule has 26 heavy (non-hydrogen) atoms. The molecule has 0 saturated carbocycles. The first kappa shape index (κ1) is 18.0. The molecule has 0 atom stereocenters. The number of aromatic hydroxyl groups is 1. The number of phenolic OH excluding ortho intramolecular Hbond substituents is 1. The second-order valence-electron chi connectivity index (χ2n) is 5.69. The fourth-order valence-corrected chi connectivity index (χ4v) is 3.60. The summed E-state index contributed by atoms with van der Waals surface area (Å²) in [6.45, 7) is 0. The molecule has 136 valence electrons. The predicted octanol–water partition coefficient (Wildman–Crippen LogP) is 2.21. The lowest BCUT2D eigenvalue weighted by Gasteiger charge is -2.07. The highest BCUT2D eigenvalue weighted by Gasteiger charge is 2.25. The zero-order valence-corrected chi connectivity index (χ0v) is 15.1. The van der Waals surface area contributed by atoms with E-state index in [0.717, 1.165) is 0 Å². The van der Waals surface area contributed by atoms with Crippen molar-refractivity contribution in [2.45, 2.75) is 5.75 Å². The number of fused-ring (bicyclic) bond motifs is 1. The summed E-state index contributed by atoms with van der Waals surface area (Å²) in [7, 11) is -0.828. The minimum absolute atomic E-state index is 0.143. The average molecular weight is 374 g/mol. The van der Waals surface area contributed by atoms with Gasteiger partial charge in [-0.05, 0) is 18.7 Å². The third kappa shape index (κ3) is 3.29. The second-order valence-corrected chi connectivity index (χ2v) is 7.62. The maximum absolute atomic E-state index is 12.6. The van der Waals surface area contributed by atoms with Gasteiger partial charge in [0.2, 0.25) is 10.0 Å². The third-order valence-corrected chi connectivity index (χ3v) is 5.32. The molecule has 3 N–H and O–H groups in total. The first-order valence-electron chi connectivity index (χ1n) is 7.83. The highest BCUT2D eigenvalue weighted by atomic mass is 32.2. The predicted molar refractivity (Wildman–Crippen MR) is 98.4 cm³/mol. The van der Waals surface area contributed by atoms with E-state index in [1.54, 1.807) is 24.3 Å². The Morgan fingerprint density at radius 2 is 1.85 bits per heavy atom. The maximum atomic E-state index is 12.6. The highest BCUT2D eigenvalue weighted by molar-refractivity contribution is 7.88. The van der Waals surface area contributed by atoms with Crippen molar-refractivity contribution < 1.29 is 22.7 Å². The lowest BCUT2D eigenvalue weighted by Crippen LogP contribution is -2.21. The van der Waals surface area contributed by atoms with Crippen molar-refractivity contribution in [3.63, 3.8) is 0 Å². The van der Waals surface area contributed by atoms with Crippen LogP contribution in [-0.4, -0.2) is 33.5 Å². The highest BCUT2D eigenvalue weighted by Crippen LogP contribution is 2.38. The van der Waals surface area contributed by atoms with Crippen molar-refractivity contribution in [2.24, 2.45) is 0 Å². The zero-order chi connectivity index (χ0) is 18.9. The third-order valence-electron chi connectivity index (χ3n) is 4.00. The van der Waals surface area contributed by atoms with Crippen LogP contribution in [0.4, 0.5) is 0 Å². The van der Waals surface area contributed by atoms with Crippen LogP contribution < -0.4 is 10.0 Å². The van der Waals surface area contributed by atoms with Crippen molar-refractivity contribution in [3.8, 4) is 17.1 Å². The first-order valence-corrected chi connectivity index (χ1v) is 9.48. The van der Waals surface area contributed by atoms with Crippen molar-refractivity contribution in [3.05, 3.63) is 53.6 Å². The van der Waals surface area contributed by atoms with E-state index in [0.29, 0.717) is 16.7 Å². The van der Waals surface area contributed by atoms with Gasteiger partial charge < -0.3 is 14.8 Å². The van der Waals surface area contributed by atoms with E-state index >= 15 is 0 Å². The molecule has 1 amide bonds. The Morgan fingerprint density at radius 1 is 1.15 bits per heavy atom. The summed E-state index contributed by atoms with van der Waals surface area (Å²) >= 11 is 0. The smallest absolute Gasteiger partial charge is 0.255 e. The average Bonchev–Trinajstić information content (AvgIpc) is 3.01. The lowest BCUT2D eigenvalue weighted by atomic mass is 10.0. The number of carbonyl (C=O) groups is 1. The van der Waals surface area contributed by atoms with E-state index < -0.39 is 21.7 Å². The minimum Gasteiger partial charge on any atom is -0.508 e.